The first-order valence-electron chi connectivity index (χ1n) is 4.30. The molecule has 4 nitrogen and oxygen atoms in total. The fraction of sp³-hybridized carbons (Fsp3) is 0.875. The minimum atomic E-state index is -0.765. The van der Waals surface area contributed by atoms with E-state index >= 15 is 0 Å². The topological polar surface area (TPSA) is 60.8 Å². The van der Waals surface area contributed by atoms with E-state index in [0.29, 0.717) is 6.54 Å². The van der Waals surface area contributed by atoms with Gasteiger partial charge in [0.25, 0.3) is 0 Å². The lowest BCUT2D eigenvalue weighted by atomic mass is 10.2. The number of carboxylic acid groups (broad SMARTS) is 1. The second-order valence-electron chi connectivity index (χ2n) is 3.16. The van der Waals surface area contributed by atoms with Gasteiger partial charge in [-0.25, -0.2) is 0 Å². The molecule has 1 atom stereocenters. The summed E-state index contributed by atoms with van der Waals surface area (Å²) in [7, 11) is 0. The predicted octanol–water partition coefficient (Wildman–Crippen LogP) is -0.0822. The van der Waals surface area contributed by atoms with Crippen molar-refractivity contribution in [1.82, 2.24) is 4.90 Å². The average molecular weight is 173 g/mol. The maximum absolute atomic E-state index is 10.3. The van der Waals surface area contributed by atoms with Gasteiger partial charge in [0.1, 0.15) is 0 Å². The molecule has 4 heteroatoms. The maximum atomic E-state index is 10.3. The highest BCUT2D eigenvalue weighted by molar-refractivity contribution is 5.66. The van der Waals surface area contributed by atoms with Crippen LogP contribution in [0, 0.1) is 0 Å². The van der Waals surface area contributed by atoms with Crippen LogP contribution in [0.1, 0.15) is 19.3 Å². The summed E-state index contributed by atoms with van der Waals surface area (Å²) in [5, 5.41) is 17.4. The molecule has 1 rings (SSSR count). The van der Waals surface area contributed by atoms with Crippen molar-refractivity contribution < 1.29 is 15.0 Å². The lowest BCUT2D eigenvalue weighted by Gasteiger charge is -2.21. The van der Waals surface area contributed by atoms with Crippen LogP contribution in [0.2, 0.25) is 0 Å². The normalized spacial score (nSPS) is 24.6. The van der Waals surface area contributed by atoms with Crippen LogP contribution in [0.4, 0.5) is 0 Å². The highest BCUT2D eigenvalue weighted by Crippen LogP contribution is 2.16. The van der Waals surface area contributed by atoms with Gasteiger partial charge >= 0.3 is 5.97 Å². The van der Waals surface area contributed by atoms with E-state index in [1.807, 2.05) is 4.90 Å². The van der Waals surface area contributed by atoms with Crippen molar-refractivity contribution in [3.8, 4) is 0 Å². The largest absolute Gasteiger partial charge is 0.481 e. The molecule has 1 heterocycles. The van der Waals surface area contributed by atoms with E-state index in [9.17, 15) is 4.79 Å². The third-order valence-corrected chi connectivity index (χ3v) is 2.32. The van der Waals surface area contributed by atoms with Gasteiger partial charge in [0.2, 0.25) is 0 Å². The number of aliphatic hydroxyl groups is 1. The first-order chi connectivity index (χ1) is 5.74. The van der Waals surface area contributed by atoms with Gasteiger partial charge in [-0.05, 0) is 19.4 Å². The highest BCUT2D eigenvalue weighted by Gasteiger charge is 2.23. The SMILES string of the molecule is O=C(O)CCN1CCCC1CO. The van der Waals surface area contributed by atoms with Gasteiger partial charge in [0, 0.05) is 12.6 Å². The molecule has 1 saturated heterocycles. The van der Waals surface area contributed by atoms with Crippen molar-refractivity contribution >= 4 is 5.97 Å². The summed E-state index contributed by atoms with van der Waals surface area (Å²) in [5.74, 6) is -0.765. The molecule has 0 aromatic heterocycles. The molecule has 1 fully saturated rings. The van der Waals surface area contributed by atoms with Crippen molar-refractivity contribution in [3.63, 3.8) is 0 Å². The number of nitrogens with zero attached hydrogens (tertiary/aromatic N) is 1. The van der Waals surface area contributed by atoms with Crippen LogP contribution in [-0.2, 0) is 4.79 Å². The second kappa shape index (κ2) is 4.42. The Hall–Kier alpha value is -0.610. The van der Waals surface area contributed by atoms with Crippen molar-refractivity contribution in [2.24, 2.45) is 0 Å². The predicted molar refractivity (Wildman–Crippen MR) is 43.9 cm³/mol. The van der Waals surface area contributed by atoms with E-state index in [-0.39, 0.29) is 19.1 Å². The monoisotopic (exact) mass is 173 g/mol. The van der Waals surface area contributed by atoms with E-state index in [4.69, 9.17) is 10.2 Å². The van der Waals surface area contributed by atoms with Crippen molar-refractivity contribution in [1.29, 1.82) is 0 Å². The van der Waals surface area contributed by atoms with Crippen molar-refractivity contribution in [3.05, 3.63) is 0 Å². The zero-order valence-electron chi connectivity index (χ0n) is 7.07. The average Bonchev–Trinajstić information content (AvgIpc) is 2.47. The fourth-order valence-corrected chi connectivity index (χ4v) is 1.64. The maximum Gasteiger partial charge on any atom is 0.304 e. The summed E-state index contributed by atoms with van der Waals surface area (Å²) in [6.45, 7) is 1.65. The molecule has 70 valence electrons. The van der Waals surface area contributed by atoms with Crippen LogP contribution < -0.4 is 0 Å². The second-order valence-corrected chi connectivity index (χ2v) is 3.16. The number of rotatable bonds is 4. The van der Waals surface area contributed by atoms with Crippen molar-refractivity contribution in [2.45, 2.75) is 25.3 Å². The summed E-state index contributed by atoms with van der Waals surface area (Å²) >= 11 is 0. The molecular weight excluding hydrogens is 158 g/mol. The smallest absolute Gasteiger partial charge is 0.304 e. The Balaban J connectivity index is 2.26. The molecule has 0 aliphatic carbocycles. The first kappa shape index (κ1) is 9.48. The minimum absolute atomic E-state index is 0.152. The highest BCUT2D eigenvalue weighted by atomic mass is 16.4. The fourth-order valence-electron chi connectivity index (χ4n) is 1.64. The molecule has 0 amide bonds. The standard InChI is InChI=1S/C8H15NO3/c10-6-7-2-1-4-9(7)5-3-8(11)12/h7,10H,1-6H2,(H,11,12). The Kier molecular flexibility index (Phi) is 3.49. The van der Waals surface area contributed by atoms with Gasteiger partial charge < -0.3 is 10.2 Å². The summed E-state index contributed by atoms with van der Waals surface area (Å²) in [6, 6.07) is 0.198. The quantitative estimate of drug-likeness (QED) is 0.624. The number of hydrogen-bond acceptors (Lipinski definition) is 3. The number of likely N-dealkylation sites (tertiary alicyclic amines) is 1. The third-order valence-electron chi connectivity index (χ3n) is 2.32. The number of carboxylic acids is 1. The summed E-state index contributed by atoms with van der Waals surface area (Å²) < 4.78 is 0. The van der Waals surface area contributed by atoms with E-state index in [1.165, 1.54) is 0 Å². The lowest BCUT2D eigenvalue weighted by Crippen LogP contribution is -2.33. The molecule has 1 aliphatic rings. The number of aliphatic hydroxyl groups excluding tert-OH is 1. The molecule has 0 aromatic rings. The van der Waals surface area contributed by atoms with E-state index < -0.39 is 5.97 Å². The van der Waals surface area contributed by atoms with Gasteiger partial charge in [-0.1, -0.05) is 0 Å². The van der Waals surface area contributed by atoms with Crippen LogP contribution in [0.25, 0.3) is 0 Å². The minimum Gasteiger partial charge on any atom is -0.481 e. The molecular formula is C8H15NO3. The number of aliphatic carboxylic acids is 1. The summed E-state index contributed by atoms with van der Waals surface area (Å²) in [5.41, 5.74) is 0. The molecule has 0 spiro atoms. The zero-order chi connectivity index (χ0) is 8.97. The Morgan fingerprint density at radius 3 is 2.92 bits per heavy atom. The van der Waals surface area contributed by atoms with Crippen LogP contribution in [0.15, 0.2) is 0 Å². The molecule has 12 heavy (non-hydrogen) atoms. The molecule has 0 bridgehead atoms. The van der Waals surface area contributed by atoms with Crippen LogP contribution in [0.3, 0.4) is 0 Å². The van der Waals surface area contributed by atoms with Gasteiger partial charge in [-0.2, -0.15) is 0 Å². The number of hydrogen-bond donors (Lipinski definition) is 2. The first-order valence-corrected chi connectivity index (χ1v) is 4.30. The van der Waals surface area contributed by atoms with Gasteiger partial charge in [0.15, 0.2) is 0 Å². The van der Waals surface area contributed by atoms with E-state index in [1.54, 1.807) is 0 Å². The van der Waals surface area contributed by atoms with Crippen LogP contribution >= 0.6 is 0 Å². The number of carbonyl (C=O) groups is 1. The Morgan fingerprint density at radius 1 is 1.58 bits per heavy atom. The molecule has 0 saturated carbocycles. The van der Waals surface area contributed by atoms with E-state index in [0.717, 1.165) is 19.4 Å². The van der Waals surface area contributed by atoms with Gasteiger partial charge in [-0.3, -0.25) is 9.69 Å². The molecule has 1 aliphatic heterocycles. The Labute approximate surface area is 71.8 Å². The van der Waals surface area contributed by atoms with E-state index in [2.05, 4.69) is 0 Å². The van der Waals surface area contributed by atoms with Gasteiger partial charge in [-0.15, -0.1) is 0 Å². The summed E-state index contributed by atoms with van der Waals surface area (Å²) in [6.07, 6.45) is 2.25. The zero-order valence-corrected chi connectivity index (χ0v) is 7.07. The lowest BCUT2D eigenvalue weighted by molar-refractivity contribution is -0.137. The Morgan fingerprint density at radius 2 is 2.33 bits per heavy atom. The van der Waals surface area contributed by atoms with Crippen molar-refractivity contribution in [2.75, 3.05) is 19.7 Å². The van der Waals surface area contributed by atoms with Gasteiger partial charge in [0.05, 0.1) is 13.0 Å². The Bertz CT molecular complexity index is 160. The summed E-state index contributed by atoms with van der Waals surface area (Å²) in [4.78, 5) is 12.3. The molecule has 1 unspecified atom stereocenters. The van der Waals surface area contributed by atoms with Crippen LogP contribution in [0.5, 0.6) is 0 Å². The molecule has 0 aromatic carbocycles. The molecule has 0 radical (unpaired) electrons. The van der Waals surface area contributed by atoms with Crippen LogP contribution in [-0.4, -0.2) is 46.8 Å². The third kappa shape index (κ3) is 2.46. The molecule has 2 N–H and O–H groups in total.